The summed E-state index contributed by atoms with van der Waals surface area (Å²) in [7, 11) is -8.80. The molecule has 182 valence electrons. The molecule has 33 heavy (non-hydrogen) atoms. The summed E-state index contributed by atoms with van der Waals surface area (Å²) < 4.78 is 103. The van der Waals surface area contributed by atoms with Gasteiger partial charge in [-0.25, -0.2) is 0 Å². The molecule has 1 aliphatic heterocycles. The van der Waals surface area contributed by atoms with E-state index in [1.807, 2.05) is 0 Å². The molecule has 1 atom stereocenters. The maximum Gasteiger partial charge on any atom is 0.473 e. The smallest absolute Gasteiger partial charge is 0.345 e. The van der Waals surface area contributed by atoms with Gasteiger partial charge in [0.15, 0.2) is 0 Å². The Balaban J connectivity index is 1.98. The molecule has 0 radical (unpaired) electrons. The summed E-state index contributed by atoms with van der Waals surface area (Å²) in [6.07, 6.45) is -5.55. The van der Waals surface area contributed by atoms with Gasteiger partial charge in [0.25, 0.3) is 0 Å². The number of guanidine groups is 1. The zero-order chi connectivity index (χ0) is 25.1. The van der Waals surface area contributed by atoms with Gasteiger partial charge in [0.05, 0.1) is 12.0 Å². The van der Waals surface area contributed by atoms with Crippen molar-refractivity contribution in [2.45, 2.75) is 30.0 Å². The highest BCUT2D eigenvalue weighted by atomic mass is 32.5. The minimum atomic E-state index is -9.91. The SMILES string of the molecule is CN1C(=O)CC(C)(c2cc(-c3cccc(S(F)(F)(F)(F)F)c3)cs2)N/C1=N/C(=O)C(F)(F)F. The van der Waals surface area contributed by atoms with Crippen LogP contribution in [0.15, 0.2) is 45.6 Å². The van der Waals surface area contributed by atoms with Crippen LogP contribution in [0.4, 0.5) is 32.6 Å². The first kappa shape index (κ1) is 25.0. The van der Waals surface area contributed by atoms with E-state index < -0.39 is 44.6 Å². The number of benzene rings is 1. The molecule has 2 heterocycles. The highest BCUT2D eigenvalue weighted by Gasteiger charge is 2.65. The Morgan fingerprint density at radius 1 is 1.15 bits per heavy atom. The van der Waals surface area contributed by atoms with Crippen LogP contribution < -0.4 is 5.32 Å². The summed E-state index contributed by atoms with van der Waals surface area (Å²) in [5.74, 6) is -3.77. The molecule has 1 aliphatic rings. The molecule has 1 N–H and O–H groups in total. The van der Waals surface area contributed by atoms with Crippen molar-refractivity contribution in [1.29, 1.82) is 0 Å². The predicted molar refractivity (Wildman–Crippen MR) is 108 cm³/mol. The lowest BCUT2D eigenvalue weighted by Gasteiger charge is -2.40. The van der Waals surface area contributed by atoms with Crippen molar-refractivity contribution >= 4 is 39.3 Å². The number of hydrogen-bond acceptors (Lipinski definition) is 3. The van der Waals surface area contributed by atoms with Crippen molar-refractivity contribution in [3.8, 4) is 11.1 Å². The lowest BCUT2D eigenvalue weighted by Crippen LogP contribution is -2.58. The van der Waals surface area contributed by atoms with E-state index >= 15 is 0 Å². The molecule has 0 aliphatic carbocycles. The fourth-order valence-electron chi connectivity index (χ4n) is 3.02. The van der Waals surface area contributed by atoms with E-state index in [-0.39, 0.29) is 23.6 Å². The Hall–Kier alpha value is -2.68. The molecule has 1 aromatic carbocycles. The van der Waals surface area contributed by atoms with Crippen LogP contribution in [0.3, 0.4) is 0 Å². The zero-order valence-electron chi connectivity index (χ0n) is 16.7. The molecule has 2 aromatic rings. The van der Waals surface area contributed by atoms with Gasteiger partial charge in [0.1, 0.15) is 4.90 Å². The normalized spacial score (nSPS) is 23.2. The number of carbonyl (C=O) groups excluding carboxylic acids is 2. The number of carbonyl (C=O) groups is 2. The first-order valence-electron chi connectivity index (χ1n) is 8.88. The van der Waals surface area contributed by atoms with E-state index in [9.17, 15) is 42.2 Å². The predicted octanol–water partition coefficient (Wildman–Crippen LogP) is 6.18. The van der Waals surface area contributed by atoms with Crippen LogP contribution in [0.5, 0.6) is 0 Å². The fourth-order valence-corrected chi connectivity index (χ4v) is 4.74. The second-order valence-corrected chi connectivity index (χ2v) is 10.8. The lowest BCUT2D eigenvalue weighted by molar-refractivity contribution is -0.169. The van der Waals surface area contributed by atoms with Crippen molar-refractivity contribution in [3.05, 3.63) is 40.6 Å². The van der Waals surface area contributed by atoms with Crippen LogP contribution in [0.2, 0.25) is 0 Å². The summed E-state index contributed by atoms with van der Waals surface area (Å²) >= 11 is 0.937. The average molecular weight is 521 g/mol. The fraction of sp³-hybridized carbons (Fsp3) is 0.278. The van der Waals surface area contributed by atoms with Crippen LogP contribution in [0.25, 0.3) is 11.1 Å². The number of nitrogens with zero attached hydrogens (tertiary/aromatic N) is 2. The Kier molecular flexibility index (Phi) is 5.23. The van der Waals surface area contributed by atoms with E-state index in [1.54, 1.807) is 0 Å². The van der Waals surface area contributed by atoms with Gasteiger partial charge in [-0.3, -0.25) is 14.5 Å². The second kappa shape index (κ2) is 6.91. The van der Waals surface area contributed by atoms with E-state index in [0.29, 0.717) is 10.9 Å². The summed E-state index contributed by atoms with van der Waals surface area (Å²) in [4.78, 5) is 25.5. The number of alkyl halides is 3. The summed E-state index contributed by atoms with van der Waals surface area (Å²) in [5, 5.41) is 3.95. The molecule has 1 fully saturated rings. The molecule has 3 rings (SSSR count). The Morgan fingerprint density at radius 3 is 2.36 bits per heavy atom. The van der Waals surface area contributed by atoms with Crippen molar-refractivity contribution in [2.24, 2.45) is 4.99 Å². The molecule has 0 saturated carbocycles. The second-order valence-electron chi connectivity index (χ2n) is 7.52. The standard InChI is InChI=1S/C18H15F8N3O2S2/c1-17(8-14(30)29(2)16(28-17)27-15(31)18(19,20)21)13-7-11(9-32-13)10-4-3-5-12(6-10)33(22,23,24,25)26/h3-7,9H,8H2,1-2H3,(H,27,28,31). The van der Waals surface area contributed by atoms with Crippen molar-refractivity contribution in [3.63, 3.8) is 0 Å². The highest BCUT2D eigenvalue weighted by Crippen LogP contribution is 3.02. The highest BCUT2D eigenvalue weighted by molar-refractivity contribution is 8.45. The van der Waals surface area contributed by atoms with Crippen LogP contribution in [-0.4, -0.2) is 35.9 Å². The van der Waals surface area contributed by atoms with Gasteiger partial charge in [0.2, 0.25) is 11.9 Å². The van der Waals surface area contributed by atoms with E-state index in [4.69, 9.17) is 0 Å². The third kappa shape index (κ3) is 5.29. The van der Waals surface area contributed by atoms with E-state index in [1.165, 1.54) is 24.4 Å². The van der Waals surface area contributed by atoms with Gasteiger partial charge in [-0.05, 0) is 41.6 Å². The molecule has 15 heteroatoms. The monoisotopic (exact) mass is 521 g/mol. The third-order valence-corrected chi connectivity index (χ3v) is 7.13. The number of rotatable bonds is 3. The number of amides is 2. The molecular formula is C18H15F8N3O2S2. The number of thiophene rings is 1. The number of aliphatic imine (C=N–C) groups is 1. The Labute approximate surface area is 185 Å². The van der Waals surface area contributed by atoms with Gasteiger partial charge < -0.3 is 5.32 Å². The van der Waals surface area contributed by atoms with Crippen molar-refractivity contribution < 1.29 is 42.2 Å². The molecule has 1 saturated heterocycles. The number of hydrogen-bond donors (Lipinski definition) is 1. The zero-order valence-corrected chi connectivity index (χ0v) is 18.4. The average Bonchev–Trinajstić information content (AvgIpc) is 3.14. The van der Waals surface area contributed by atoms with Crippen LogP contribution >= 0.6 is 21.6 Å². The topological polar surface area (TPSA) is 61.8 Å². The number of nitrogens with one attached hydrogen (secondary N) is 1. The van der Waals surface area contributed by atoms with Crippen molar-refractivity contribution in [2.75, 3.05) is 7.05 Å². The molecule has 5 nitrogen and oxygen atoms in total. The van der Waals surface area contributed by atoms with E-state index in [0.717, 1.165) is 29.4 Å². The molecule has 0 bridgehead atoms. The Morgan fingerprint density at radius 2 is 1.79 bits per heavy atom. The largest absolute Gasteiger partial charge is 0.473 e. The quantitative estimate of drug-likeness (QED) is 0.491. The third-order valence-electron chi connectivity index (χ3n) is 4.79. The molecule has 0 spiro atoms. The van der Waals surface area contributed by atoms with Gasteiger partial charge in [-0.15, -0.1) is 11.3 Å². The van der Waals surface area contributed by atoms with Crippen LogP contribution in [0, 0.1) is 0 Å². The molecule has 2 amide bonds. The van der Waals surface area contributed by atoms with Gasteiger partial charge in [0, 0.05) is 11.9 Å². The lowest BCUT2D eigenvalue weighted by atomic mass is 9.92. The van der Waals surface area contributed by atoms with Crippen LogP contribution in [0.1, 0.15) is 18.2 Å². The molecule has 1 unspecified atom stereocenters. The summed E-state index contributed by atoms with van der Waals surface area (Å²) in [6, 6.07) is 3.90. The van der Waals surface area contributed by atoms with Gasteiger partial charge in [-0.2, -0.15) is 18.2 Å². The molecular weight excluding hydrogens is 506 g/mol. The van der Waals surface area contributed by atoms with E-state index in [2.05, 4.69) is 10.3 Å². The van der Waals surface area contributed by atoms with Gasteiger partial charge in [-0.1, -0.05) is 31.6 Å². The maximum atomic E-state index is 13.1. The summed E-state index contributed by atoms with van der Waals surface area (Å²) in [5.41, 5.74) is -1.42. The maximum absolute atomic E-state index is 13.1. The summed E-state index contributed by atoms with van der Waals surface area (Å²) in [6.45, 7) is 1.42. The van der Waals surface area contributed by atoms with Crippen molar-refractivity contribution in [1.82, 2.24) is 10.2 Å². The van der Waals surface area contributed by atoms with Crippen LogP contribution in [-0.2, 0) is 15.1 Å². The number of halogens is 8. The minimum absolute atomic E-state index is 0.123. The molecule has 1 aromatic heterocycles. The van der Waals surface area contributed by atoms with Gasteiger partial charge >= 0.3 is 22.3 Å². The first-order chi connectivity index (χ1) is 14.7. The first-order valence-corrected chi connectivity index (χ1v) is 11.7. The Bertz CT molecular complexity index is 1170. The minimum Gasteiger partial charge on any atom is -0.345 e.